The molecule has 4 nitrogen and oxygen atoms in total. The lowest BCUT2D eigenvalue weighted by atomic mass is 10.1. The van der Waals surface area contributed by atoms with Gasteiger partial charge in [-0.25, -0.2) is 0 Å². The molecule has 1 amide bonds. The molecule has 0 radical (unpaired) electrons. The van der Waals surface area contributed by atoms with E-state index in [-0.39, 0.29) is 11.9 Å². The molecule has 2 N–H and O–H groups in total. The molecule has 1 aliphatic rings. The van der Waals surface area contributed by atoms with E-state index >= 15 is 0 Å². The molecule has 1 aromatic carbocycles. The third-order valence-electron chi connectivity index (χ3n) is 3.97. The van der Waals surface area contributed by atoms with Gasteiger partial charge in [-0.3, -0.25) is 4.79 Å². The lowest BCUT2D eigenvalue weighted by Gasteiger charge is -2.25. The largest absolute Gasteiger partial charge is 0.497 e. The Morgan fingerprint density at radius 2 is 2.05 bits per heavy atom. The Labute approximate surface area is 121 Å². The molecule has 1 saturated carbocycles. The standard InChI is InChI=1S/C16H24N2O2/c1-4-17-16(19)12(2)18(14-7-8-14)11-13-5-9-15(20-3)10-6-13/h5-6,9-10,12,14H,4,7-8,11H2,1-3H3,(H,17,19)/p+1/t12-/m0/s1. The van der Waals surface area contributed by atoms with Gasteiger partial charge in [0.05, 0.1) is 13.2 Å². The van der Waals surface area contributed by atoms with E-state index in [0.717, 1.165) is 12.3 Å². The number of hydrogen-bond acceptors (Lipinski definition) is 2. The van der Waals surface area contributed by atoms with Crippen molar-refractivity contribution in [2.45, 2.75) is 45.3 Å². The highest BCUT2D eigenvalue weighted by Gasteiger charge is 2.38. The van der Waals surface area contributed by atoms with Gasteiger partial charge in [-0.1, -0.05) is 0 Å². The first kappa shape index (κ1) is 14.9. The topological polar surface area (TPSA) is 42.8 Å². The van der Waals surface area contributed by atoms with Crippen LogP contribution in [-0.4, -0.2) is 31.6 Å². The zero-order valence-corrected chi connectivity index (χ0v) is 12.6. The van der Waals surface area contributed by atoms with Crippen molar-refractivity contribution in [2.24, 2.45) is 0 Å². The summed E-state index contributed by atoms with van der Waals surface area (Å²) in [6.45, 7) is 5.59. The van der Waals surface area contributed by atoms with Gasteiger partial charge in [0, 0.05) is 24.9 Å². The number of carbonyl (C=O) groups excluding carboxylic acids is 1. The van der Waals surface area contributed by atoms with E-state index in [1.54, 1.807) is 7.11 Å². The fraction of sp³-hybridized carbons (Fsp3) is 0.562. The van der Waals surface area contributed by atoms with Crippen molar-refractivity contribution in [3.05, 3.63) is 29.8 Å². The van der Waals surface area contributed by atoms with Crippen LogP contribution in [0.2, 0.25) is 0 Å². The van der Waals surface area contributed by atoms with Crippen LogP contribution in [-0.2, 0) is 11.3 Å². The van der Waals surface area contributed by atoms with E-state index in [9.17, 15) is 4.79 Å². The summed E-state index contributed by atoms with van der Waals surface area (Å²) in [6, 6.07) is 8.78. The number of quaternary nitrogens is 1. The molecule has 2 atom stereocenters. The highest BCUT2D eigenvalue weighted by molar-refractivity contribution is 5.79. The van der Waals surface area contributed by atoms with Crippen LogP contribution in [0.4, 0.5) is 0 Å². The first-order valence-electron chi connectivity index (χ1n) is 7.42. The summed E-state index contributed by atoms with van der Waals surface area (Å²) in [6.07, 6.45) is 2.46. The SMILES string of the molecule is CCNC(=O)[C@H](C)[NH+](Cc1ccc(OC)cc1)C1CC1. The molecule has 20 heavy (non-hydrogen) atoms. The summed E-state index contributed by atoms with van der Waals surface area (Å²) in [5.41, 5.74) is 1.25. The Morgan fingerprint density at radius 1 is 1.40 bits per heavy atom. The number of amides is 1. The van der Waals surface area contributed by atoms with Crippen molar-refractivity contribution in [1.82, 2.24) is 5.32 Å². The Balaban J connectivity index is 2.03. The maximum absolute atomic E-state index is 12.1. The van der Waals surface area contributed by atoms with Crippen LogP contribution in [0.3, 0.4) is 0 Å². The van der Waals surface area contributed by atoms with Gasteiger partial charge < -0.3 is 15.0 Å². The molecule has 1 aliphatic carbocycles. The van der Waals surface area contributed by atoms with Crippen LogP contribution < -0.4 is 15.0 Å². The van der Waals surface area contributed by atoms with Crippen molar-refractivity contribution in [3.8, 4) is 5.75 Å². The Morgan fingerprint density at radius 3 is 2.55 bits per heavy atom. The van der Waals surface area contributed by atoms with Gasteiger partial charge >= 0.3 is 0 Å². The monoisotopic (exact) mass is 277 g/mol. The van der Waals surface area contributed by atoms with Gasteiger partial charge in [0.2, 0.25) is 0 Å². The molecular weight excluding hydrogens is 252 g/mol. The van der Waals surface area contributed by atoms with Crippen LogP contribution >= 0.6 is 0 Å². The van der Waals surface area contributed by atoms with Crippen LogP contribution in [0, 0.1) is 0 Å². The Hall–Kier alpha value is -1.55. The van der Waals surface area contributed by atoms with Gasteiger partial charge in [-0.2, -0.15) is 0 Å². The fourth-order valence-corrected chi connectivity index (χ4v) is 2.58. The van der Waals surface area contributed by atoms with Crippen molar-refractivity contribution < 1.29 is 14.4 Å². The summed E-state index contributed by atoms with van der Waals surface area (Å²) in [4.78, 5) is 13.4. The summed E-state index contributed by atoms with van der Waals surface area (Å²) < 4.78 is 5.18. The number of ether oxygens (including phenoxy) is 1. The first-order chi connectivity index (χ1) is 9.65. The molecule has 1 aromatic rings. The Bertz CT molecular complexity index is 440. The summed E-state index contributed by atoms with van der Waals surface area (Å²) in [5, 5.41) is 2.93. The quantitative estimate of drug-likeness (QED) is 0.773. The van der Waals surface area contributed by atoms with Crippen molar-refractivity contribution in [3.63, 3.8) is 0 Å². The molecule has 4 heteroatoms. The van der Waals surface area contributed by atoms with Crippen molar-refractivity contribution >= 4 is 5.91 Å². The average Bonchev–Trinajstić information content (AvgIpc) is 3.29. The van der Waals surface area contributed by atoms with Gasteiger partial charge in [-0.05, 0) is 38.1 Å². The minimum absolute atomic E-state index is 0.00421. The minimum atomic E-state index is 0.00421. The molecule has 0 aromatic heterocycles. The fourth-order valence-electron chi connectivity index (χ4n) is 2.58. The molecule has 1 unspecified atom stereocenters. The van der Waals surface area contributed by atoms with Crippen molar-refractivity contribution in [2.75, 3.05) is 13.7 Å². The minimum Gasteiger partial charge on any atom is -0.497 e. The van der Waals surface area contributed by atoms with Crippen LogP contribution in [0.1, 0.15) is 32.3 Å². The van der Waals surface area contributed by atoms with Gasteiger partial charge in [0.15, 0.2) is 6.04 Å². The smallest absolute Gasteiger partial charge is 0.278 e. The number of nitrogens with one attached hydrogen (secondary N) is 2. The molecule has 1 fully saturated rings. The van der Waals surface area contributed by atoms with Crippen LogP contribution in [0.25, 0.3) is 0 Å². The van der Waals surface area contributed by atoms with E-state index in [0.29, 0.717) is 12.6 Å². The number of methoxy groups -OCH3 is 1. The lowest BCUT2D eigenvalue weighted by Crippen LogP contribution is -3.16. The van der Waals surface area contributed by atoms with Gasteiger partial charge in [-0.15, -0.1) is 0 Å². The third kappa shape index (κ3) is 3.73. The molecule has 0 saturated heterocycles. The maximum atomic E-state index is 12.1. The summed E-state index contributed by atoms with van der Waals surface area (Å²) in [7, 11) is 1.67. The van der Waals surface area contributed by atoms with E-state index in [2.05, 4.69) is 17.4 Å². The van der Waals surface area contributed by atoms with Crippen LogP contribution in [0.5, 0.6) is 5.75 Å². The first-order valence-corrected chi connectivity index (χ1v) is 7.42. The third-order valence-corrected chi connectivity index (χ3v) is 3.97. The van der Waals surface area contributed by atoms with Crippen LogP contribution in [0.15, 0.2) is 24.3 Å². The number of rotatable bonds is 7. The lowest BCUT2D eigenvalue weighted by molar-refractivity contribution is -0.938. The van der Waals surface area contributed by atoms with Gasteiger partial charge in [0.1, 0.15) is 12.3 Å². The zero-order chi connectivity index (χ0) is 14.5. The maximum Gasteiger partial charge on any atom is 0.278 e. The number of likely N-dealkylation sites (N-methyl/N-ethyl adjacent to an activating group) is 1. The van der Waals surface area contributed by atoms with E-state index in [1.807, 2.05) is 26.0 Å². The second kappa shape index (κ2) is 6.75. The number of hydrogen-bond donors (Lipinski definition) is 2. The molecule has 2 rings (SSSR count). The average molecular weight is 277 g/mol. The molecule has 0 heterocycles. The molecular formula is C16H25N2O2+. The van der Waals surface area contributed by atoms with E-state index in [4.69, 9.17) is 4.74 Å². The highest BCUT2D eigenvalue weighted by Crippen LogP contribution is 2.17. The second-order valence-corrected chi connectivity index (χ2v) is 5.49. The summed E-state index contributed by atoms with van der Waals surface area (Å²) in [5.74, 6) is 1.03. The predicted octanol–water partition coefficient (Wildman–Crippen LogP) is 0.767. The zero-order valence-electron chi connectivity index (χ0n) is 12.6. The normalized spacial score (nSPS) is 17.4. The Kier molecular flexibility index (Phi) is 5.01. The second-order valence-electron chi connectivity index (χ2n) is 5.49. The van der Waals surface area contributed by atoms with E-state index in [1.165, 1.54) is 23.3 Å². The molecule has 0 spiro atoms. The molecule has 0 bridgehead atoms. The number of carbonyl (C=O) groups is 1. The van der Waals surface area contributed by atoms with E-state index < -0.39 is 0 Å². The highest BCUT2D eigenvalue weighted by atomic mass is 16.5. The summed E-state index contributed by atoms with van der Waals surface area (Å²) >= 11 is 0. The van der Waals surface area contributed by atoms with Gasteiger partial charge in [0.25, 0.3) is 5.91 Å². The predicted molar refractivity (Wildman–Crippen MR) is 78.8 cm³/mol. The number of benzene rings is 1. The van der Waals surface area contributed by atoms with Crippen molar-refractivity contribution in [1.29, 1.82) is 0 Å². The molecule has 110 valence electrons. The molecule has 0 aliphatic heterocycles.